The van der Waals surface area contributed by atoms with Crippen molar-refractivity contribution in [3.05, 3.63) is 69.8 Å². The van der Waals surface area contributed by atoms with Crippen molar-refractivity contribution >= 4 is 45.9 Å². The first-order chi connectivity index (χ1) is 17.0. The second kappa shape index (κ2) is 12.0. The van der Waals surface area contributed by atoms with E-state index in [1.165, 1.54) is 10.9 Å². The Morgan fingerprint density at radius 2 is 1.83 bits per heavy atom. The summed E-state index contributed by atoms with van der Waals surface area (Å²) in [6, 6.07) is 13.8. The van der Waals surface area contributed by atoms with Gasteiger partial charge in [-0.25, -0.2) is 0 Å². The van der Waals surface area contributed by atoms with E-state index < -0.39 is 0 Å². The van der Waals surface area contributed by atoms with Gasteiger partial charge in [-0.2, -0.15) is 0 Å². The maximum Gasteiger partial charge on any atom is 0.242 e. The number of amides is 2. The number of para-hydroxylation sites is 1. The number of aromatic amines is 1. The summed E-state index contributed by atoms with van der Waals surface area (Å²) in [5.41, 5.74) is 3.17. The smallest absolute Gasteiger partial charge is 0.242 e. The van der Waals surface area contributed by atoms with E-state index in [4.69, 9.17) is 23.2 Å². The number of benzene rings is 2. The van der Waals surface area contributed by atoms with Gasteiger partial charge in [0, 0.05) is 42.7 Å². The van der Waals surface area contributed by atoms with Gasteiger partial charge in [0.05, 0.1) is 10.0 Å². The molecule has 35 heavy (non-hydrogen) atoms. The van der Waals surface area contributed by atoms with Gasteiger partial charge in [-0.05, 0) is 55.0 Å². The molecule has 0 saturated heterocycles. The Labute approximate surface area is 217 Å². The van der Waals surface area contributed by atoms with Crippen LogP contribution in [0.3, 0.4) is 0 Å². The van der Waals surface area contributed by atoms with Crippen LogP contribution < -0.4 is 0 Å². The van der Waals surface area contributed by atoms with Crippen LogP contribution in [0.2, 0.25) is 10.0 Å². The average molecular weight is 514 g/mol. The van der Waals surface area contributed by atoms with E-state index in [2.05, 4.69) is 24.0 Å². The standard InChI is InChI=1S/C28H33Cl2N3O2/c1-2-3-4-9-27(34)33(22-11-12-22)19-28(35)32(18-20-10-13-24(29)25(30)16-20)15-14-21-17-31-26-8-6-5-7-23(21)26/h5-8,10,13,16-17,22,31H,2-4,9,11-12,14-15,18-19H2,1H3. The largest absolute Gasteiger partial charge is 0.361 e. The highest BCUT2D eigenvalue weighted by atomic mass is 35.5. The van der Waals surface area contributed by atoms with Crippen molar-refractivity contribution in [2.24, 2.45) is 0 Å². The number of H-pyrrole nitrogens is 1. The molecule has 186 valence electrons. The molecule has 1 aliphatic carbocycles. The lowest BCUT2D eigenvalue weighted by Crippen LogP contribution is -2.44. The zero-order valence-electron chi connectivity index (χ0n) is 20.2. The van der Waals surface area contributed by atoms with E-state index in [-0.39, 0.29) is 24.4 Å². The third kappa shape index (κ3) is 6.80. The Balaban J connectivity index is 1.49. The van der Waals surface area contributed by atoms with Gasteiger partial charge in [0.15, 0.2) is 0 Å². The van der Waals surface area contributed by atoms with Crippen LogP contribution in [0.15, 0.2) is 48.7 Å². The fourth-order valence-corrected chi connectivity index (χ4v) is 4.79. The Hall–Kier alpha value is -2.50. The molecule has 1 N–H and O–H groups in total. The van der Waals surface area contributed by atoms with Crippen molar-refractivity contribution in [1.29, 1.82) is 0 Å². The van der Waals surface area contributed by atoms with Gasteiger partial charge in [0.2, 0.25) is 11.8 Å². The number of hydrogen-bond donors (Lipinski definition) is 1. The van der Waals surface area contributed by atoms with Crippen LogP contribution >= 0.6 is 23.2 Å². The van der Waals surface area contributed by atoms with Crippen LogP contribution in [-0.2, 0) is 22.6 Å². The van der Waals surface area contributed by atoms with E-state index in [1.54, 1.807) is 6.07 Å². The molecule has 4 rings (SSSR count). The van der Waals surface area contributed by atoms with Crippen molar-refractivity contribution in [2.75, 3.05) is 13.1 Å². The van der Waals surface area contributed by atoms with Gasteiger partial charge in [0.25, 0.3) is 0 Å². The zero-order chi connectivity index (χ0) is 24.8. The summed E-state index contributed by atoms with van der Waals surface area (Å²) in [4.78, 5) is 33.4. The van der Waals surface area contributed by atoms with Crippen LogP contribution in [0, 0.1) is 0 Å². The number of unbranched alkanes of at least 4 members (excludes halogenated alkanes) is 2. The molecule has 0 atom stereocenters. The Bertz CT molecular complexity index is 1170. The van der Waals surface area contributed by atoms with Crippen molar-refractivity contribution < 1.29 is 9.59 Å². The molecule has 2 amide bonds. The maximum atomic E-state index is 13.6. The number of nitrogens with zero attached hydrogens (tertiary/aromatic N) is 2. The van der Waals surface area contributed by atoms with Crippen molar-refractivity contribution in [1.82, 2.24) is 14.8 Å². The third-order valence-electron chi connectivity index (χ3n) is 6.64. The van der Waals surface area contributed by atoms with Gasteiger partial charge in [-0.1, -0.05) is 67.2 Å². The molecule has 7 heteroatoms. The Kier molecular flexibility index (Phi) is 8.74. The van der Waals surface area contributed by atoms with E-state index in [0.717, 1.165) is 43.2 Å². The number of fused-ring (bicyclic) bond motifs is 1. The number of nitrogens with one attached hydrogen (secondary N) is 1. The molecule has 1 fully saturated rings. The fraction of sp³-hybridized carbons (Fsp3) is 0.429. The van der Waals surface area contributed by atoms with Crippen LogP contribution in [0.4, 0.5) is 0 Å². The number of aromatic nitrogens is 1. The van der Waals surface area contributed by atoms with E-state index >= 15 is 0 Å². The summed E-state index contributed by atoms with van der Waals surface area (Å²) in [6.07, 6.45) is 8.18. The fourth-order valence-electron chi connectivity index (χ4n) is 4.47. The summed E-state index contributed by atoms with van der Waals surface area (Å²) in [5, 5.41) is 2.13. The predicted molar refractivity (Wildman–Crippen MR) is 143 cm³/mol. The van der Waals surface area contributed by atoms with Gasteiger partial charge in [0.1, 0.15) is 6.54 Å². The molecular weight excluding hydrogens is 481 g/mol. The minimum absolute atomic E-state index is 0.0355. The molecule has 3 aromatic rings. The first-order valence-corrected chi connectivity index (χ1v) is 13.3. The lowest BCUT2D eigenvalue weighted by molar-refractivity contribution is -0.141. The van der Waals surface area contributed by atoms with Gasteiger partial charge in [-0.3, -0.25) is 9.59 Å². The van der Waals surface area contributed by atoms with Crippen LogP contribution in [-0.4, -0.2) is 45.7 Å². The molecule has 0 radical (unpaired) electrons. The molecule has 0 aliphatic heterocycles. The number of rotatable bonds is 12. The molecule has 2 aromatic carbocycles. The molecule has 0 bridgehead atoms. The van der Waals surface area contributed by atoms with Crippen LogP contribution in [0.25, 0.3) is 10.9 Å². The second-order valence-corrected chi connectivity index (χ2v) is 10.2. The van der Waals surface area contributed by atoms with Gasteiger partial charge in [-0.15, -0.1) is 0 Å². The number of carbonyl (C=O) groups is 2. The second-order valence-electron chi connectivity index (χ2n) is 9.38. The van der Waals surface area contributed by atoms with Crippen LogP contribution in [0.1, 0.15) is 56.6 Å². The third-order valence-corrected chi connectivity index (χ3v) is 7.38. The first kappa shape index (κ1) is 25.6. The highest BCUT2D eigenvalue weighted by Gasteiger charge is 2.34. The van der Waals surface area contributed by atoms with E-state index in [0.29, 0.717) is 36.0 Å². The number of hydrogen-bond acceptors (Lipinski definition) is 2. The van der Waals surface area contributed by atoms with Gasteiger partial charge < -0.3 is 14.8 Å². The van der Waals surface area contributed by atoms with Crippen molar-refractivity contribution in [3.8, 4) is 0 Å². The lowest BCUT2D eigenvalue weighted by atomic mass is 10.1. The molecule has 5 nitrogen and oxygen atoms in total. The first-order valence-electron chi connectivity index (χ1n) is 12.5. The van der Waals surface area contributed by atoms with Crippen molar-refractivity contribution in [2.45, 2.75) is 64.5 Å². The average Bonchev–Trinajstić information content (AvgIpc) is 3.61. The minimum Gasteiger partial charge on any atom is -0.361 e. The maximum absolute atomic E-state index is 13.6. The SMILES string of the molecule is CCCCCC(=O)N(CC(=O)N(CCc1c[nH]c2ccccc12)Cc1ccc(Cl)c(Cl)c1)C1CC1. The molecule has 1 aromatic heterocycles. The molecule has 0 spiro atoms. The predicted octanol–water partition coefficient (Wildman–Crippen LogP) is 6.62. The minimum atomic E-state index is -0.0355. The lowest BCUT2D eigenvalue weighted by Gasteiger charge is -2.28. The van der Waals surface area contributed by atoms with E-state index in [9.17, 15) is 9.59 Å². The van der Waals surface area contributed by atoms with Crippen molar-refractivity contribution in [3.63, 3.8) is 0 Å². The van der Waals surface area contributed by atoms with Crippen LogP contribution in [0.5, 0.6) is 0 Å². The molecular formula is C28H33Cl2N3O2. The summed E-state index contributed by atoms with van der Waals surface area (Å²) < 4.78 is 0. The quantitative estimate of drug-likeness (QED) is 0.276. The number of carbonyl (C=O) groups excluding carboxylic acids is 2. The Morgan fingerprint density at radius 1 is 1.03 bits per heavy atom. The molecule has 1 saturated carbocycles. The summed E-state index contributed by atoms with van der Waals surface area (Å²) in [6.45, 7) is 3.22. The highest BCUT2D eigenvalue weighted by molar-refractivity contribution is 6.42. The Morgan fingerprint density at radius 3 is 2.57 bits per heavy atom. The van der Waals surface area contributed by atoms with Gasteiger partial charge >= 0.3 is 0 Å². The topological polar surface area (TPSA) is 56.4 Å². The monoisotopic (exact) mass is 513 g/mol. The normalized spacial score (nSPS) is 13.2. The highest BCUT2D eigenvalue weighted by Crippen LogP contribution is 2.28. The number of halogens is 2. The summed E-state index contributed by atoms with van der Waals surface area (Å²) >= 11 is 12.3. The molecule has 1 heterocycles. The summed E-state index contributed by atoms with van der Waals surface area (Å²) in [5.74, 6) is 0.0621. The van der Waals surface area contributed by atoms with E-state index in [1.807, 2.05) is 40.3 Å². The summed E-state index contributed by atoms with van der Waals surface area (Å²) in [7, 11) is 0. The zero-order valence-corrected chi connectivity index (χ0v) is 21.7. The molecule has 0 unspecified atom stereocenters. The molecule has 1 aliphatic rings.